The molecule has 2 aromatic carbocycles. The van der Waals surface area contributed by atoms with Crippen molar-refractivity contribution >= 4 is 34.2 Å². The van der Waals surface area contributed by atoms with Crippen LogP contribution in [0.1, 0.15) is 37.5 Å². The molecule has 136 valence electrons. The maximum absolute atomic E-state index is 6.31. The van der Waals surface area contributed by atoms with E-state index in [1.807, 2.05) is 24.3 Å². The second-order valence-corrected chi connectivity index (χ2v) is 7.66. The average molecular weight is 399 g/mol. The number of nitrogens with one attached hydrogen (secondary N) is 1. The van der Waals surface area contributed by atoms with Crippen LogP contribution in [0, 0.1) is 0 Å². The minimum absolute atomic E-state index is 0.399. The summed E-state index contributed by atoms with van der Waals surface area (Å²) >= 11 is 12.6. The molecular weight excluding hydrogens is 383 g/mol. The molecule has 1 aliphatic rings. The van der Waals surface area contributed by atoms with Crippen molar-refractivity contribution in [2.45, 2.75) is 31.6 Å². The number of aromatic nitrogens is 4. The van der Waals surface area contributed by atoms with Gasteiger partial charge in [0.05, 0.1) is 26.6 Å². The molecular formula is C20H16Cl2N4O. The number of hydrogen-bond acceptors (Lipinski definition) is 4. The molecule has 1 saturated carbocycles. The fraction of sp³-hybridized carbons (Fsp3) is 0.250. The molecule has 0 unspecified atom stereocenters. The lowest BCUT2D eigenvalue weighted by Crippen LogP contribution is -1.91. The van der Waals surface area contributed by atoms with Crippen LogP contribution in [0.15, 0.2) is 40.8 Å². The third kappa shape index (κ3) is 3.01. The first-order valence-corrected chi connectivity index (χ1v) is 9.72. The second kappa shape index (κ2) is 6.66. The minimum Gasteiger partial charge on any atom is -0.420 e. The van der Waals surface area contributed by atoms with Gasteiger partial charge in [-0.25, -0.2) is 4.98 Å². The van der Waals surface area contributed by atoms with E-state index in [9.17, 15) is 0 Å². The number of hydrogen-bond donors (Lipinski definition) is 1. The van der Waals surface area contributed by atoms with Crippen molar-refractivity contribution in [3.05, 3.63) is 52.3 Å². The van der Waals surface area contributed by atoms with E-state index in [4.69, 9.17) is 27.6 Å². The Hall–Kier alpha value is -2.37. The molecule has 0 atom stereocenters. The highest BCUT2D eigenvalue weighted by molar-refractivity contribution is 6.39. The zero-order chi connectivity index (χ0) is 18.4. The van der Waals surface area contributed by atoms with Gasteiger partial charge in [0.15, 0.2) is 0 Å². The Morgan fingerprint density at radius 1 is 1.00 bits per heavy atom. The first-order chi connectivity index (χ1) is 13.2. The molecule has 0 amide bonds. The molecule has 5 nitrogen and oxygen atoms in total. The average Bonchev–Trinajstić information content (AvgIpc) is 3.40. The summed E-state index contributed by atoms with van der Waals surface area (Å²) in [6.07, 6.45) is 4.72. The molecule has 27 heavy (non-hydrogen) atoms. The van der Waals surface area contributed by atoms with E-state index in [0.29, 0.717) is 33.2 Å². The summed E-state index contributed by atoms with van der Waals surface area (Å²) in [6.45, 7) is 0. The minimum atomic E-state index is 0.399. The monoisotopic (exact) mass is 398 g/mol. The van der Waals surface area contributed by atoms with Gasteiger partial charge >= 0.3 is 0 Å². The summed E-state index contributed by atoms with van der Waals surface area (Å²) in [6, 6.07) is 11.2. The molecule has 2 heterocycles. The van der Waals surface area contributed by atoms with Gasteiger partial charge in [-0.3, -0.25) is 0 Å². The van der Waals surface area contributed by atoms with Crippen molar-refractivity contribution in [2.75, 3.05) is 0 Å². The number of H-pyrrole nitrogens is 1. The molecule has 0 radical (unpaired) electrons. The largest absolute Gasteiger partial charge is 0.420 e. The lowest BCUT2D eigenvalue weighted by molar-refractivity contribution is 0.457. The van der Waals surface area contributed by atoms with Gasteiger partial charge in [0.25, 0.3) is 0 Å². The zero-order valence-corrected chi connectivity index (χ0v) is 15.9. The van der Waals surface area contributed by atoms with Gasteiger partial charge in [-0.05, 0) is 43.2 Å². The van der Waals surface area contributed by atoms with E-state index in [-0.39, 0.29) is 0 Å². The fourth-order valence-corrected chi connectivity index (χ4v) is 4.25. The zero-order valence-electron chi connectivity index (χ0n) is 14.4. The van der Waals surface area contributed by atoms with Crippen LogP contribution in [0.5, 0.6) is 0 Å². The van der Waals surface area contributed by atoms with Crippen molar-refractivity contribution in [1.82, 2.24) is 20.2 Å². The molecule has 0 bridgehead atoms. The quantitative estimate of drug-likeness (QED) is 0.443. The lowest BCUT2D eigenvalue weighted by Gasteiger charge is -2.02. The number of imidazole rings is 1. The Kier molecular flexibility index (Phi) is 4.14. The summed E-state index contributed by atoms with van der Waals surface area (Å²) in [5.74, 6) is 2.31. The maximum Gasteiger partial charge on any atom is 0.247 e. The fourth-order valence-electron chi connectivity index (χ4n) is 3.67. The van der Waals surface area contributed by atoms with E-state index in [2.05, 4.69) is 20.2 Å². The van der Waals surface area contributed by atoms with Gasteiger partial charge in [-0.15, -0.1) is 10.2 Å². The summed E-state index contributed by atoms with van der Waals surface area (Å²) in [7, 11) is 0. The van der Waals surface area contributed by atoms with E-state index >= 15 is 0 Å². The van der Waals surface area contributed by atoms with Gasteiger partial charge in [-0.1, -0.05) is 42.1 Å². The van der Waals surface area contributed by atoms with E-state index < -0.39 is 0 Å². The molecule has 0 saturated heterocycles. The highest BCUT2D eigenvalue weighted by Crippen LogP contribution is 2.36. The molecule has 4 aromatic rings. The predicted molar refractivity (Wildman–Crippen MR) is 106 cm³/mol. The predicted octanol–water partition coefficient (Wildman–Crippen LogP) is 6.24. The molecule has 1 fully saturated rings. The first kappa shape index (κ1) is 16.8. The summed E-state index contributed by atoms with van der Waals surface area (Å²) < 4.78 is 5.93. The van der Waals surface area contributed by atoms with Crippen LogP contribution in [-0.2, 0) is 0 Å². The first-order valence-electron chi connectivity index (χ1n) is 8.97. The van der Waals surface area contributed by atoms with Crippen LogP contribution < -0.4 is 0 Å². The standard InChI is InChI=1S/C20H16Cl2N4O/c21-13-6-3-7-14(22)17(13)18-23-15-9-8-12(10-16(15)24-18)20-26-25-19(27-20)11-4-1-2-5-11/h3,6-11H,1-2,4-5H2,(H,23,24). The number of rotatable bonds is 3. The topological polar surface area (TPSA) is 67.6 Å². The SMILES string of the molecule is Clc1cccc(Cl)c1-c1nc2ccc(-c3nnc(C4CCCC4)o3)cc2[nH]1. The summed E-state index contributed by atoms with van der Waals surface area (Å²) in [5.41, 5.74) is 3.24. The highest BCUT2D eigenvalue weighted by Gasteiger charge is 2.23. The van der Waals surface area contributed by atoms with Gasteiger partial charge in [-0.2, -0.15) is 0 Å². The van der Waals surface area contributed by atoms with Crippen LogP contribution in [0.25, 0.3) is 33.9 Å². The third-order valence-electron chi connectivity index (χ3n) is 5.07. The molecule has 1 N–H and O–H groups in total. The summed E-state index contributed by atoms with van der Waals surface area (Å²) in [4.78, 5) is 7.91. The number of benzene rings is 2. The van der Waals surface area contributed by atoms with Crippen molar-refractivity contribution in [3.63, 3.8) is 0 Å². The Morgan fingerprint density at radius 2 is 1.78 bits per heavy atom. The van der Waals surface area contributed by atoms with Crippen molar-refractivity contribution in [1.29, 1.82) is 0 Å². The number of aromatic amines is 1. The van der Waals surface area contributed by atoms with Crippen LogP contribution >= 0.6 is 23.2 Å². The number of halogens is 2. The molecule has 0 aliphatic heterocycles. The van der Waals surface area contributed by atoms with Crippen molar-refractivity contribution < 1.29 is 4.42 Å². The second-order valence-electron chi connectivity index (χ2n) is 6.84. The molecule has 0 spiro atoms. The number of fused-ring (bicyclic) bond motifs is 1. The molecule has 1 aliphatic carbocycles. The van der Waals surface area contributed by atoms with Gasteiger partial charge < -0.3 is 9.40 Å². The molecule has 5 rings (SSSR count). The van der Waals surface area contributed by atoms with Crippen molar-refractivity contribution in [3.8, 4) is 22.8 Å². The van der Waals surface area contributed by atoms with Gasteiger partial charge in [0, 0.05) is 11.5 Å². The third-order valence-corrected chi connectivity index (χ3v) is 5.70. The highest BCUT2D eigenvalue weighted by atomic mass is 35.5. The Balaban J connectivity index is 1.53. The van der Waals surface area contributed by atoms with E-state index in [1.54, 1.807) is 12.1 Å². The van der Waals surface area contributed by atoms with E-state index in [1.165, 1.54) is 12.8 Å². The summed E-state index contributed by atoms with van der Waals surface area (Å²) in [5, 5.41) is 9.60. The van der Waals surface area contributed by atoms with Crippen LogP contribution in [0.4, 0.5) is 0 Å². The smallest absolute Gasteiger partial charge is 0.247 e. The van der Waals surface area contributed by atoms with Crippen molar-refractivity contribution in [2.24, 2.45) is 0 Å². The van der Waals surface area contributed by atoms with Gasteiger partial charge in [0.1, 0.15) is 5.82 Å². The van der Waals surface area contributed by atoms with Crippen LogP contribution in [0.3, 0.4) is 0 Å². The van der Waals surface area contributed by atoms with Crippen LogP contribution in [-0.4, -0.2) is 20.2 Å². The Morgan fingerprint density at radius 3 is 2.56 bits per heavy atom. The van der Waals surface area contributed by atoms with Crippen LogP contribution in [0.2, 0.25) is 10.0 Å². The Bertz CT molecular complexity index is 1110. The lowest BCUT2D eigenvalue weighted by atomic mass is 10.1. The normalized spacial score (nSPS) is 15.0. The number of nitrogens with zero attached hydrogens (tertiary/aromatic N) is 3. The Labute approximate surface area is 165 Å². The maximum atomic E-state index is 6.31. The van der Waals surface area contributed by atoms with Gasteiger partial charge in [0.2, 0.25) is 11.8 Å². The molecule has 2 aromatic heterocycles. The molecule has 7 heteroatoms. The van der Waals surface area contributed by atoms with E-state index in [0.717, 1.165) is 35.3 Å².